The van der Waals surface area contributed by atoms with Crippen LogP contribution in [0.3, 0.4) is 0 Å². The Morgan fingerprint density at radius 2 is 1.82 bits per heavy atom. The van der Waals surface area contributed by atoms with Crippen molar-refractivity contribution in [2.45, 2.75) is 108 Å². The number of ether oxygens (including phenoxy) is 3. The number of aliphatic carboxylic acids is 1. The maximum atomic E-state index is 12.8. The molecule has 4 aliphatic carbocycles. The van der Waals surface area contributed by atoms with Crippen molar-refractivity contribution in [3.8, 4) is 0 Å². The number of carbonyl (C=O) groups is 3. The first-order valence-corrected chi connectivity index (χ1v) is 14.3. The molecule has 2 heterocycles. The van der Waals surface area contributed by atoms with Gasteiger partial charge in [0.1, 0.15) is 23.9 Å². The van der Waals surface area contributed by atoms with Crippen LogP contribution in [0.5, 0.6) is 0 Å². The molecule has 1 aromatic rings. The highest BCUT2D eigenvalue weighted by atomic mass is 16.7. The van der Waals surface area contributed by atoms with Crippen molar-refractivity contribution < 1.29 is 38.1 Å². The summed E-state index contributed by atoms with van der Waals surface area (Å²) in [6.45, 7) is 6.13. The Labute approximate surface area is 227 Å². The first-order chi connectivity index (χ1) is 18.5. The summed E-state index contributed by atoms with van der Waals surface area (Å²) in [6.07, 6.45) is 6.87. The smallest absolute Gasteiger partial charge is 0.335 e. The molecule has 9 heteroatoms. The molecule has 9 nitrogen and oxygen atoms in total. The minimum Gasteiger partial charge on any atom is -0.481 e. The molecule has 1 spiro atoms. The number of esters is 2. The molecule has 6 rings (SSSR count). The van der Waals surface area contributed by atoms with Crippen molar-refractivity contribution >= 4 is 17.9 Å². The van der Waals surface area contributed by atoms with E-state index in [4.69, 9.17) is 23.7 Å². The fourth-order valence-electron chi connectivity index (χ4n) is 9.65. The molecule has 10 atom stereocenters. The maximum absolute atomic E-state index is 12.8. The minimum atomic E-state index is -1.05. The van der Waals surface area contributed by atoms with Crippen LogP contribution in [-0.2, 0) is 28.6 Å². The third-order valence-electron chi connectivity index (χ3n) is 11.3. The number of carboxylic acids is 1. The summed E-state index contributed by atoms with van der Waals surface area (Å²) in [4.78, 5) is 47.2. The van der Waals surface area contributed by atoms with Crippen LogP contribution in [-0.4, -0.2) is 46.9 Å². The molecular weight excluding hydrogens is 504 g/mol. The van der Waals surface area contributed by atoms with Crippen LogP contribution in [0.4, 0.5) is 0 Å². The second-order valence-corrected chi connectivity index (χ2v) is 13.0. The number of hydrogen-bond donors (Lipinski definition) is 1. The molecule has 0 amide bonds. The van der Waals surface area contributed by atoms with Gasteiger partial charge in [-0.05, 0) is 79.7 Å². The molecule has 5 fully saturated rings. The van der Waals surface area contributed by atoms with Crippen molar-refractivity contribution in [2.24, 2.45) is 28.6 Å². The van der Waals surface area contributed by atoms with Gasteiger partial charge in [-0.1, -0.05) is 13.8 Å². The summed E-state index contributed by atoms with van der Waals surface area (Å²) in [6, 6.07) is 3.16. The van der Waals surface area contributed by atoms with Crippen LogP contribution >= 0.6 is 0 Å². The van der Waals surface area contributed by atoms with Crippen LogP contribution in [0.15, 0.2) is 27.6 Å². The Hall–Kier alpha value is -2.68. The number of hydrogen-bond acceptors (Lipinski definition) is 8. The average molecular weight is 543 g/mol. The lowest BCUT2D eigenvalue weighted by Gasteiger charge is -2.61. The van der Waals surface area contributed by atoms with Gasteiger partial charge < -0.3 is 23.7 Å². The first kappa shape index (κ1) is 26.5. The fraction of sp³-hybridized carbons (Fsp3) is 0.733. The highest BCUT2D eigenvalue weighted by Gasteiger charge is 2.84. The molecule has 1 saturated heterocycles. The third-order valence-corrected chi connectivity index (χ3v) is 11.3. The largest absolute Gasteiger partial charge is 0.481 e. The Morgan fingerprint density at radius 3 is 2.51 bits per heavy atom. The number of carboxylic acid groups (broad SMARTS) is 1. The van der Waals surface area contributed by atoms with Gasteiger partial charge in [0.15, 0.2) is 0 Å². The maximum Gasteiger partial charge on any atom is 0.335 e. The second kappa shape index (κ2) is 9.18. The van der Waals surface area contributed by atoms with Crippen LogP contribution in [0.25, 0.3) is 0 Å². The van der Waals surface area contributed by atoms with E-state index in [0.717, 1.165) is 50.5 Å². The highest BCUT2D eigenvalue weighted by molar-refractivity contribution is 5.76. The van der Waals surface area contributed by atoms with Gasteiger partial charge in [-0.25, -0.2) is 4.79 Å². The summed E-state index contributed by atoms with van der Waals surface area (Å²) in [7, 11) is 0. The molecule has 1 aromatic heterocycles. The van der Waals surface area contributed by atoms with Crippen molar-refractivity contribution in [1.82, 2.24) is 0 Å². The lowest BCUT2D eigenvalue weighted by Crippen LogP contribution is -2.58. The Bertz CT molecular complexity index is 1220. The van der Waals surface area contributed by atoms with Crippen LogP contribution in [0.1, 0.15) is 90.0 Å². The van der Waals surface area contributed by atoms with E-state index in [1.807, 2.05) is 0 Å². The molecule has 39 heavy (non-hydrogen) atoms. The predicted octanol–water partition coefficient (Wildman–Crippen LogP) is 4.22. The lowest BCUT2D eigenvalue weighted by molar-refractivity contribution is -0.167. The average Bonchev–Trinajstić information content (AvgIpc) is 3.58. The molecule has 0 bridgehead atoms. The first-order valence-electron chi connectivity index (χ1n) is 14.3. The van der Waals surface area contributed by atoms with Crippen LogP contribution < -0.4 is 5.63 Å². The van der Waals surface area contributed by atoms with Crippen LogP contribution in [0.2, 0.25) is 0 Å². The molecule has 1 N–H and O–H groups in total. The molecule has 4 saturated carbocycles. The molecular formula is C30H38O9. The van der Waals surface area contributed by atoms with Gasteiger partial charge >= 0.3 is 23.5 Å². The van der Waals surface area contributed by atoms with Crippen molar-refractivity contribution in [3.63, 3.8) is 0 Å². The minimum absolute atomic E-state index is 0.00717. The van der Waals surface area contributed by atoms with E-state index in [2.05, 4.69) is 13.8 Å². The quantitative estimate of drug-likeness (QED) is 0.414. The number of rotatable bonds is 6. The Kier molecular flexibility index (Phi) is 6.25. The zero-order valence-corrected chi connectivity index (χ0v) is 22.9. The van der Waals surface area contributed by atoms with E-state index in [0.29, 0.717) is 17.8 Å². The van der Waals surface area contributed by atoms with E-state index >= 15 is 0 Å². The van der Waals surface area contributed by atoms with E-state index in [1.165, 1.54) is 19.3 Å². The van der Waals surface area contributed by atoms with Gasteiger partial charge in [0.25, 0.3) is 0 Å². The molecule has 1 aliphatic heterocycles. The topological polar surface area (TPSA) is 133 Å². The summed E-state index contributed by atoms with van der Waals surface area (Å²) < 4.78 is 23.6. The summed E-state index contributed by atoms with van der Waals surface area (Å²) in [5.74, 6) is -0.793. The monoisotopic (exact) mass is 542 g/mol. The zero-order valence-electron chi connectivity index (χ0n) is 22.9. The van der Waals surface area contributed by atoms with Gasteiger partial charge in [-0.2, -0.15) is 0 Å². The molecule has 0 aromatic carbocycles. The van der Waals surface area contributed by atoms with E-state index < -0.39 is 29.3 Å². The van der Waals surface area contributed by atoms with E-state index in [-0.39, 0.29) is 47.8 Å². The number of carbonyl (C=O) groups excluding carboxylic acids is 2. The highest BCUT2D eigenvalue weighted by Crippen LogP contribution is 2.78. The number of epoxide rings is 1. The third kappa shape index (κ3) is 3.98. The van der Waals surface area contributed by atoms with Gasteiger partial charge in [0, 0.05) is 24.3 Å². The summed E-state index contributed by atoms with van der Waals surface area (Å²) >= 11 is 0. The predicted molar refractivity (Wildman–Crippen MR) is 137 cm³/mol. The van der Waals surface area contributed by atoms with Crippen molar-refractivity contribution in [3.05, 3.63) is 34.4 Å². The fourth-order valence-corrected chi connectivity index (χ4v) is 9.65. The Morgan fingerprint density at radius 1 is 1.03 bits per heavy atom. The van der Waals surface area contributed by atoms with Crippen molar-refractivity contribution in [1.29, 1.82) is 0 Å². The Balaban J connectivity index is 1.31. The number of fused-ring (bicyclic) bond motifs is 3. The van der Waals surface area contributed by atoms with E-state index in [1.54, 1.807) is 6.07 Å². The molecule has 212 valence electrons. The van der Waals surface area contributed by atoms with Gasteiger partial charge in [0.05, 0.1) is 19.1 Å². The van der Waals surface area contributed by atoms with Crippen LogP contribution in [0, 0.1) is 28.6 Å². The standard InChI is InChI=1S/C30H38O9/c1-16(31)37-19-10-12-28(2)18(14-19)5-6-21-20(28)11-13-29(3)25(17-4-8-23(34)36-15-17)26(27-30(21,29)39-27)38-24(35)9-7-22(32)33/h4,8,15,18-21,25-27H,5-7,9-14H2,1-3H3,(H,32,33)/t18-,19+,20+,21-,25+,26-,27-,28+,29-,30-/m1/s1. The SMILES string of the molecule is CC(=O)O[C@H]1CC[C@@]2(C)[C@H](CC[C@@H]3[C@@H]2CC[C@]2(C)[C@@H](c4ccc(=O)oc4)[C@@H](OC(=O)CCC(=O)O)[C@H]4O[C@]342)C1. The molecule has 0 unspecified atom stereocenters. The lowest BCUT2D eigenvalue weighted by atomic mass is 9.44. The van der Waals surface area contributed by atoms with Gasteiger partial charge in [0.2, 0.25) is 0 Å². The van der Waals surface area contributed by atoms with E-state index in [9.17, 15) is 19.2 Å². The molecule has 0 radical (unpaired) electrons. The normalized spacial score (nSPS) is 43.7. The molecule has 5 aliphatic rings. The summed E-state index contributed by atoms with van der Waals surface area (Å²) in [5.41, 5.74) is -0.294. The summed E-state index contributed by atoms with van der Waals surface area (Å²) in [5, 5.41) is 9.06. The second-order valence-electron chi connectivity index (χ2n) is 13.0. The van der Waals surface area contributed by atoms with Gasteiger partial charge in [-0.15, -0.1) is 0 Å². The zero-order chi connectivity index (χ0) is 27.7. The van der Waals surface area contributed by atoms with Crippen molar-refractivity contribution in [2.75, 3.05) is 0 Å². The van der Waals surface area contributed by atoms with Gasteiger partial charge in [-0.3, -0.25) is 14.4 Å².